The van der Waals surface area contributed by atoms with Crippen molar-refractivity contribution in [1.29, 1.82) is 5.26 Å². The van der Waals surface area contributed by atoms with Crippen LogP contribution in [0.15, 0.2) is 75.9 Å². The third kappa shape index (κ3) is 7.22. The lowest BCUT2D eigenvalue weighted by Crippen LogP contribution is -2.39. The van der Waals surface area contributed by atoms with Crippen molar-refractivity contribution in [2.75, 3.05) is 33.2 Å². The molecule has 42 heavy (non-hydrogen) atoms. The van der Waals surface area contributed by atoms with Crippen molar-refractivity contribution in [2.24, 2.45) is 15.9 Å². The van der Waals surface area contributed by atoms with E-state index in [-0.39, 0.29) is 11.3 Å². The van der Waals surface area contributed by atoms with Gasteiger partial charge in [-0.15, -0.1) is 0 Å². The number of piperidine rings is 1. The molecule has 0 radical (unpaired) electrons. The first-order valence-electron chi connectivity index (χ1n) is 14.2. The number of nitriles is 1. The smallest absolute Gasteiger partial charge is 0.334 e. The lowest BCUT2D eigenvalue weighted by Gasteiger charge is -2.32. The summed E-state index contributed by atoms with van der Waals surface area (Å²) in [6, 6.07) is 17.5. The van der Waals surface area contributed by atoms with E-state index in [9.17, 15) is 25.1 Å². The number of carboxylic acids is 2. The van der Waals surface area contributed by atoms with Crippen LogP contribution >= 0.6 is 0 Å². The van der Waals surface area contributed by atoms with Crippen molar-refractivity contribution in [3.8, 4) is 6.19 Å². The normalized spacial score (nSPS) is 20.0. The van der Waals surface area contributed by atoms with Crippen LogP contribution in [0.5, 0.6) is 0 Å². The van der Waals surface area contributed by atoms with Gasteiger partial charge in [0.05, 0.1) is 11.3 Å². The van der Waals surface area contributed by atoms with Crippen molar-refractivity contribution in [1.82, 2.24) is 15.1 Å². The Labute approximate surface area is 246 Å². The van der Waals surface area contributed by atoms with E-state index in [1.807, 2.05) is 18.1 Å². The minimum Gasteiger partial charge on any atom is -0.481 e. The minimum atomic E-state index is -1.20. The molecule has 2 aromatic rings. The molecule has 0 saturated carbocycles. The van der Waals surface area contributed by atoms with E-state index in [0.29, 0.717) is 35.4 Å². The van der Waals surface area contributed by atoms with Crippen molar-refractivity contribution in [2.45, 2.75) is 44.9 Å². The Morgan fingerprint density at radius 1 is 1.10 bits per heavy atom. The van der Waals surface area contributed by atoms with Gasteiger partial charge in [0.15, 0.2) is 6.19 Å². The molecule has 2 unspecified atom stereocenters. The molecule has 10 heteroatoms. The second kappa shape index (κ2) is 13.9. The van der Waals surface area contributed by atoms with Gasteiger partial charge in [-0.2, -0.15) is 5.26 Å². The number of aliphatic imine (C=N–C) groups is 2. The third-order valence-corrected chi connectivity index (χ3v) is 8.14. The van der Waals surface area contributed by atoms with Gasteiger partial charge in [-0.3, -0.25) is 15.1 Å². The summed E-state index contributed by atoms with van der Waals surface area (Å²) >= 11 is 0. The van der Waals surface area contributed by atoms with Gasteiger partial charge in [-0.1, -0.05) is 42.5 Å². The Morgan fingerprint density at radius 2 is 1.79 bits per heavy atom. The maximum absolute atomic E-state index is 12.2. The Hall–Kier alpha value is -4.49. The van der Waals surface area contributed by atoms with E-state index in [1.165, 1.54) is 5.56 Å². The highest BCUT2D eigenvalue weighted by molar-refractivity contribution is 6.06. The Kier molecular flexibility index (Phi) is 10.1. The molecule has 4 rings (SSSR count). The molecule has 0 amide bonds. The Balaban J connectivity index is 1.44. The quantitative estimate of drug-likeness (QED) is 0.172. The summed E-state index contributed by atoms with van der Waals surface area (Å²) in [5.74, 6) is -3.42. The third-order valence-electron chi connectivity index (χ3n) is 8.14. The molecule has 2 atom stereocenters. The predicted octanol–water partition coefficient (Wildman–Crippen LogP) is 4.56. The lowest BCUT2D eigenvalue weighted by molar-refractivity contribution is -0.140. The standard InChI is InChI=1S/C32H38N6O4/c1-21-27(30(39)40)29(28(31(41)42)22(2)35-21)25-11-7-12-26(19-25)36-32(34-20-33)37(3)15-8-16-38-17-13-24(14-18-38)23-9-5-4-6-10-23/h4-7,9-12,19,24,27,29H,8,13-18H2,1-3H3,(H,34,36)(H,39,40)(H,41,42). The molecular formula is C32H38N6O4. The molecular weight excluding hydrogens is 532 g/mol. The molecule has 1 fully saturated rings. The summed E-state index contributed by atoms with van der Waals surface area (Å²) in [5, 5.41) is 31.9. The zero-order valence-electron chi connectivity index (χ0n) is 24.3. The van der Waals surface area contributed by atoms with E-state index in [4.69, 9.17) is 0 Å². The van der Waals surface area contributed by atoms with Gasteiger partial charge >= 0.3 is 11.9 Å². The van der Waals surface area contributed by atoms with Crippen LogP contribution in [-0.4, -0.2) is 76.8 Å². The molecule has 0 aromatic heterocycles. The SMILES string of the molecule is CC1=NC(C)=C(C(=O)O)C(c2cccc(N=C(NC#N)N(C)CCCN3CCC(c4ccccc4)CC3)c2)C1C(=O)O. The molecule has 1 saturated heterocycles. The predicted molar refractivity (Wildman–Crippen MR) is 162 cm³/mol. The van der Waals surface area contributed by atoms with Gasteiger partial charge in [0.1, 0.15) is 5.92 Å². The maximum atomic E-state index is 12.2. The summed E-state index contributed by atoms with van der Waals surface area (Å²) in [7, 11) is 1.87. The number of nitrogens with one attached hydrogen (secondary N) is 1. The first-order chi connectivity index (χ1) is 20.2. The number of rotatable bonds is 9. The highest BCUT2D eigenvalue weighted by Gasteiger charge is 2.41. The zero-order valence-corrected chi connectivity index (χ0v) is 24.3. The van der Waals surface area contributed by atoms with Gasteiger partial charge < -0.3 is 20.0 Å². The van der Waals surface area contributed by atoms with E-state index >= 15 is 0 Å². The molecule has 2 aliphatic rings. The molecule has 0 bridgehead atoms. The second-order valence-corrected chi connectivity index (χ2v) is 10.9. The fourth-order valence-electron chi connectivity index (χ4n) is 6.02. The molecule has 0 spiro atoms. The van der Waals surface area contributed by atoms with Crippen LogP contribution in [-0.2, 0) is 9.59 Å². The summed E-state index contributed by atoms with van der Waals surface area (Å²) in [4.78, 5) is 37.6. The van der Waals surface area contributed by atoms with Crippen LogP contribution in [0.4, 0.5) is 5.69 Å². The molecule has 2 heterocycles. The molecule has 220 valence electrons. The van der Waals surface area contributed by atoms with Gasteiger partial charge in [-0.25, -0.2) is 9.79 Å². The van der Waals surface area contributed by atoms with Crippen LogP contribution in [0.25, 0.3) is 0 Å². The first kappa shape index (κ1) is 30.5. The maximum Gasteiger partial charge on any atom is 0.334 e. The Morgan fingerprint density at radius 3 is 2.43 bits per heavy atom. The number of likely N-dealkylation sites (tertiary alicyclic amines) is 1. The molecule has 3 N–H and O–H groups in total. The number of hydrogen-bond acceptors (Lipinski definition) is 6. The van der Waals surface area contributed by atoms with E-state index in [2.05, 4.69) is 50.5 Å². The van der Waals surface area contributed by atoms with Gasteiger partial charge in [0.2, 0.25) is 5.96 Å². The van der Waals surface area contributed by atoms with E-state index in [1.54, 1.807) is 38.1 Å². The topological polar surface area (TPSA) is 142 Å². The fourth-order valence-corrected chi connectivity index (χ4v) is 6.02. The highest BCUT2D eigenvalue weighted by atomic mass is 16.4. The minimum absolute atomic E-state index is 0.0468. The molecule has 0 aliphatic carbocycles. The van der Waals surface area contributed by atoms with Crippen LogP contribution in [0.1, 0.15) is 56.1 Å². The number of carbonyl (C=O) groups is 2. The average molecular weight is 571 g/mol. The molecule has 10 nitrogen and oxygen atoms in total. The van der Waals surface area contributed by atoms with Gasteiger partial charge in [0, 0.05) is 30.9 Å². The average Bonchev–Trinajstić information content (AvgIpc) is 2.97. The van der Waals surface area contributed by atoms with Crippen LogP contribution in [0, 0.1) is 17.4 Å². The van der Waals surface area contributed by atoms with E-state index < -0.39 is 23.8 Å². The second-order valence-electron chi connectivity index (χ2n) is 10.9. The zero-order chi connectivity index (χ0) is 30.2. The summed E-state index contributed by atoms with van der Waals surface area (Å²) in [5.41, 5.74) is 2.99. The summed E-state index contributed by atoms with van der Waals surface area (Å²) < 4.78 is 0. The van der Waals surface area contributed by atoms with Crippen LogP contribution in [0.3, 0.4) is 0 Å². The van der Waals surface area contributed by atoms with Crippen LogP contribution < -0.4 is 5.32 Å². The number of allylic oxidation sites excluding steroid dienone is 1. The molecule has 2 aromatic carbocycles. The number of carboxylic acid groups (broad SMARTS) is 2. The van der Waals surface area contributed by atoms with E-state index in [0.717, 1.165) is 38.9 Å². The highest BCUT2D eigenvalue weighted by Crippen LogP contribution is 2.40. The Bertz CT molecular complexity index is 1420. The fraction of sp³-hybridized carbons (Fsp3) is 0.406. The monoisotopic (exact) mass is 570 g/mol. The van der Waals surface area contributed by atoms with Crippen molar-refractivity contribution >= 4 is 29.3 Å². The largest absolute Gasteiger partial charge is 0.481 e. The number of guanidine groups is 1. The first-order valence-corrected chi connectivity index (χ1v) is 14.2. The van der Waals surface area contributed by atoms with Crippen molar-refractivity contribution in [3.05, 3.63) is 77.0 Å². The molecule has 2 aliphatic heterocycles. The van der Waals surface area contributed by atoms with Gasteiger partial charge in [-0.05, 0) is 81.9 Å². The van der Waals surface area contributed by atoms with Crippen LogP contribution in [0.2, 0.25) is 0 Å². The summed E-state index contributed by atoms with van der Waals surface area (Å²) in [6.45, 7) is 6.92. The number of benzene rings is 2. The van der Waals surface area contributed by atoms with Crippen molar-refractivity contribution < 1.29 is 19.8 Å². The summed E-state index contributed by atoms with van der Waals surface area (Å²) in [6.07, 6.45) is 5.14. The number of aliphatic carboxylic acids is 2. The number of hydrogen-bond donors (Lipinski definition) is 3. The van der Waals surface area contributed by atoms with Gasteiger partial charge in [0.25, 0.3) is 0 Å². The lowest BCUT2D eigenvalue weighted by atomic mass is 9.75. The number of nitrogens with zero attached hydrogens (tertiary/aromatic N) is 5. The van der Waals surface area contributed by atoms with Crippen molar-refractivity contribution in [3.63, 3.8) is 0 Å².